The van der Waals surface area contributed by atoms with Gasteiger partial charge in [0.15, 0.2) is 0 Å². The maximum atomic E-state index is 14.4. The summed E-state index contributed by atoms with van der Waals surface area (Å²) in [6.07, 6.45) is 3.67. The topological polar surface area (TPSA) is 38.5 Å². The van der Waals surface area contributed by atoms with Gasteiger partial charge >= 0.3 is 0 Å². The van der Waals surface area contributed by atoms with Gasteiger partial charge in [0, 0.05) is 26.2 Å². The molecule has 4 heteroatoms. The van der Waals surface area contributed by atoms with Gasteiger partial charge < -0.3 is 15.4 Å². The summed E-state index contributed by atoms with van der Waals surface area (Å²) in [7, 11) is 1.73. The monoisotopic (exact) mass is 294 g/mol. The molecular formula is C17H27FN2O. The fourth-order valence-electron chi connectivity index (χ4n) is 2.96. The van der Waals surface area contributed by atoms with Crippen molar-refractivity contribution in [3.63, 3.8) is 0 Å². The molecule has 21 heavy (non-hydrogen) atoms. The number of ether oxygens (including phenoxy) is 1. The molecule has 1 aliphatic rings. The summed E-state index contributed by atoms with van der Waals surface area (Å²) in [5, 5.41) is 0. The van der Waals surface area contributed by atoms with E-state index in [1.165, 1.54) is 0 Å². The minimum Gasteiger partial charge on any atom is -0.377 e. The zero-order valence-electron chi connectivity index (χ0n) is 13.4. The highest BCUT2D eigenvalue weighted by atomic mass is 19.1. The minimum absolute atomic E-state index is 0.0991. The fraction of sp³-hybridized carbons (Fsp3) is 0.647. The minimum atomic E-state index is -0.187. The number of hydrogen-bond donors (Lipinski definition) is 1. The van der Waals surface area contributed by atoms with Gasteiger partial charge in [-0.2, -0.15) is 0 Å². The van der Waals surface area contributed by atoms with E-state index in [1.807, 2.05) is 12.1 Å². The first-order valence-electron chi connectivity index (χ1n) is 7.81. The molecule has 2 N–H and O–H groups in total. The van der Waals surface area contributed by atoms with Gasteiger partial charge in [0.1, 0.15) is 5.82 Å². The quantitative estimate of drug-likeness (QED) is 0.907. The number of nitrogens with two attached hydrogens (primary N) is 1. The van der Waals surface area contributed by atoms with Crippen LogP contribution in [0.15, 0.2) is 18.2 Å². The van der Waals surface area contributed by atoms with Crippen LogP contribution in [0.4, 0.5) is 10.1 Å². The predicted molar refractivity (Wildman–Crippen MR) is 85.2 cm³/mol. The number of halogens is 1. The van der Waals surface area contributed by atoms with Crippen LogP contribution in [0.5, 0.6) is 0 Å². The van der Waals surface area contributed by atoms with Crippen molar-refractivity contribution in [3.8, 4) is 0 Å². The molecule has 1 aliphatic heterocycles. The summed E-state index contributed by atoms with van der Waals surface area (Å²) in [6.45, 7) is 5.75. The van der Waals surface area contributed by atoms with Gasteiger partial charge in [-0.15, -0.1) is 0 Å². The van der Waals surface area contributed by atoms with Gasteiger partial charge in [0.2, 0.25) is 0 Å². The van der Waals surface area contributed by atoms with E-state index in [0.717, 1.165) is 44.3 Å². The van der Waals surface area contributed by atoms with Crippen LogP contribution in [0.1, 0.15) is 38.7 Å². The molecule has 1 aromatic rings. The number of nitrogens with zero attached hydrogens (tertiary/aromatic N) is 1. The first kappa shape index (κ1) is 16.2. The van der Waals surface area contributed by atoms with Crippen LogP contribution in [0.2, 0.25) is 0 Å². The van der Waals surface area contributed by atoms with Crippen LogP contribution in [0.3, 0.4) is 0 Å². The van der Waals surface area contributed by atoms with E-state index >= 15 is 0 Å². The Morgan fingerprint density at radius 3 is 2.86 bits per heavy atom. The molecule has 0 amide bonds. The standard InChI is InChI=1S/C17H27FN2O/c1-4-14(19)10-13-6-7-16(15(18)11-13)20-9-5-8-17(2,12-20)21-3/h6-7,11,14H,4-5,8-10,12,19H2,1-3H3. The van der Waals surface area contributed by atoms with Gasteiger partial charge in [-0.05, 0) is 50.3 Å². The molecule has 0 bridgehead atoms. The average Bonchev–Trinajstić information content (AvgIpc) is 2.47. The molecule has 2 atom stereocenters. The second-order valence-electron chi connectivity index (χ2n) is 6.34. The van der Waals surface area contributed by atoms with Gasteiger partial charge in [-0.1, -0.05) is 13.0 Å². The summed E-state index contributed by atoms with van der Waals surface area (Å²) in [5.74, 6) is -0.156. The Morgan fingerprint density at radius 2 is 2.24 bits per heavy atom. The predicted octanol–water partition coefficient (Wildman–Crippen LogP) is 3.11. The highest BCUT2D eigenvalue weighted by Gasteiger charge is 2.31. The van der Waals surface area contributed by atoms with E-state index in [-0.39, 0.29) is 17.5 Å². The lowest BCUT2D eigenvalue weighted by molar-refractivity contribution is -0.00476. The molecule has 1 aromatic carbocycles. The smallest absolute Gasteiger partial charge is 0.146 e. The van der Waals surface area contributed by atoms with Crippen LogP contribution >= 0.6 is 0 Å². The lowest BCUT2D eigenvalue weighted by Crippen LogP contribution is -2.47. The first-order valence-corrected chi connectivity index (χ1v) is 7.81. The summed E-state index contributed by atoms with van der Waals surface area (Å²) >= 11 is 0. The van der Waals surface area contributed by atoms with E-state index < -0.39 is 0 Å². The molecule has 3 nitrogen and oxygen atoms in total. The van der Waals surface area contributed by atoms with Crippen molar-refractivity contribution < 1.29 is 9.13 Å². The van der Waals surface area contributed by atoms with E-state index in [0.29, 0.717) is 5.69 Å². The van der Waals surface area contributed by atoms with Gasteiger partial charge in [0.25, 0.3) is 0 Å². The number of piperidine rings is 1. The Kier molecular flexibility index (Phi) is 5.22. The Balaban J connectivity index is 2.13. The average molecular weight is 294 g/mol. The number of methoxy groups -OCH3 is 1. The van der Waals surface area contributed by atoms with E-state index in [9.17, 15) is 4.39 Å². The Labute approximate surface area is 127 Å². The van der Waals surface area contributed by atoms with Crippen molar-refractivity contribution in [2.24, 2.45) is 5.73 Å². The summed E-state index contributed by atoms with van der Waals surface area (Å²) in [4.78, 5) is 2.09. The maximum Gasteiger partial charge on any atom is 0.146 e. The van der Waals surface area contributed by atoms with Gasteiger partial charge in [-0.3, -0.25) is 0 Å². The molecule has 1 saturated heterocycles. The highest BCUT2D eigenvalue weighted by Crippen LogP contribution is 2.30. The lowest BCUT2D eigenvalue weighted by atomic mass is 9.94. The van der Waals surface area contributed by atoms with Crippen molar-refractivity contribution in [1.29, 1.82) is 0 Å². The van der Waals surface area contributed by atoms with E-state index in [2.05, 4.69) is 18.7 Å². The molecule has 0 saturated carbocycles. The largest absolute Gasteiger partial charge is 0.377 e. The molecule has 2 rings (SSSR count). The van der Waals surface area contributed by atoms with Gasteiger partial charge in [-0.25, -0.2) is 4.39 Å². The number of benzene rings is 1. The molecule has 0 radical (unpaired) electrons. The van der Waals surface area contributed by atoms with Crippen LogP contribution < -0.4 is 10.6 Å². The van der Waals surface area contributed by atoms with Crippen LogP contribution in [-0.4, -0.2) is 31.8 Å². The number of anilines is 1. The Bertz CT molecular complexity index is 480. The zero-order chi connectivity index (χ0) is 15.5. The first-order chi connectivity index (χ1) is 9.97. The Hall–Kier alpha value is -1.13. The number of hydrogen-bond acceptors (Lipinski definition) is 3. The normalized spacial score (nSPS) is 24.1. The molecular weight excluding hydrogens is 267 g/mol. The number of rotatable bonds is 5. The molecule has 2 unspecified atom stereocenters. The molecule has 118 valence electrons. The van der Waals surface area contributed by atoms with Crippen LogP contribution in [0.25, 0.3) is 0 Å². The van der Waals surface area contributed by atoms with Crippen molar-refractivity contribution >= 4 is 5.69 Å². The highest BCUT2D eigenvalue weighted by molar-refractivity contribution is 5.50. The summed E-state index contributed by atoms with van der Waals surface area (Å²) in [6, 6.07) is 5.60. The summed E-state index contributed by atoms with van der Waals surface area (Å²) in [5.41, 5.74) is 7.40. The third kappa shape index (κ3) is 3.95. The van der Waals surface area contributed by atoms with Crippen molar-refractivity contribution in [2.75, 3.05) is 25.1 Å². The molecule has 0 aliphatic carbocycles. The SMILES string of the molecule is CCC(N)Cc1ccc(N2CCCC(C)(OC)C2)c(F)c1. The molecule has 0 spiro atoms. The second-order valence-corrected chi connectivity index (χ2v) is 6.34. The third-order valence-corrected chi connectivity index (χ3v) is 4.53. The van der Waals surface area contributed by atoms with Crippen molar-refractivity contribution in [2.45, 2.75) is 51.2 Å². The van der Waals surface area contributed by atoms with Crippen LogP contribution in [-0.2, 0) is 11.2 Å². The fourth-order valence-corrected chi connectivity index (χ4v) is 2.96. The van der Waals surface area contributed by atoms with E-state index in [1.54, 1.807) is 13.2 Å². The van der Waals surface area contributed by atoms with Crippen LogP contribution in [0, 0.1) is 5.82 Å². The Morgan fingerprint density at radius 1 is 1.48 bits per heavy atom. The molecule has 1 fully saturated rings. The lowest BCUT2D eigenvalue weighted by Gasteiger charge is -2.40. The maximum absolute atomic E-state index is 14.4. The van der Waals surface area contributed by atoms with Crippen molar-refractivity contribution in [3.05, 3.63) is 29.6 Å². The molecule has 1 heterocycles. The van der Waals surface area contributed by atoms with E-state index in [4.69, 9.17) is 10.5 Å². The summed E-state index contributed by atoms with van der Waals surface area (Å²) < 4.78 is 20.0. The van der Waals surface area contributed by atoms with Gasteiger partial charge in [0.05, 0.1) is 11.3 Å². The third-order valence-electron chi connectivity index (χ3n) is 4.53. The zero-order valence-corrected chi connectivity index (χ0v) is 13.4. The van der Waals surface area contributed by atoms with Crippen molar-refractivity contribution in [1.82, 2.24) is 0 Å². The second kappa shape index (κ2) is 6.75. The molecule has 0 aromatic heterocycles.